The molecule has 0 aromatic rings. The molecular weight excluding hydrogens is 236 g/mol. The number of allylic oxidation sites excluding steroid dienone is 1. The molecule has 0 saturated carbocycles. The molecule has 0 bridgehead atoms. The Morgan fingerprint density at radius 2 is 1.32 bits per heavy atom. The van der Waals surface area contributed by atoms with Crippen molar-refractivity contribution in [1.82, 2.24) is 0 Å². The van der Waals surface area contributed by atoms with Gasteiger partial charge in [0, 0.05) is 6.08 Å². The maximum atomic E-state index is 10.8. The SMILES string of the molecule is CCCCCCCCCCCCC/C=C\C(=O)OC. The van der Waals surface area contributed by atoms with Crippen molar-refractivity contribution in [3.8, 4) is 0 Å². The number of ether oxygens (including phenoxy) is 1. The number of unbranched alkanes of at least 4 members (excludes halogenated alkanes) is 11. The predicted octanol–water partition coefficient (Wildman–Crippen LogP) is 5.42. The van der Waals surface area contributed by atoms with Crippen LogP contribution in [0.5, 0.6) is 0 Å². The Kier molecular flexibility index (Phi) is 14.6. The molecule has 2 nitrogen and oxygen atoms in total. The third-order valence-electron chi connectivity index (χ3n) is 3.43. The van der Waals surface area contributed by atoms with Gasteiger partial charge in [0.25, 0.3) is 0 Å². The van der Waals surface area contributed by atoms with Gasteiger partial charge in [-0.2, -0.15) is 0 Å². The van der Waals surface area contributed by atoms with Gasteiger partial charge < -0.3 is 4.74 Å². The van der Waals surface area contributed by atoms with Crippen LogP contribution in [0, 0.1) is 0 Å². The standard InChI is InChI=1S/C17H32O2/c1-3-4-5-6-7-8-9-10-11-12-13-14-15-16-17(18)19-2/h15-16H,3-14H2,1-2H3/b16-15-. The largest absolute Gasteiger partial charge is 0.466 e. The molecule has 0 heterocycles. The molecule has 2 heteroatoms. The van der Waals surface area contributed by atoms with E-state index in [-0.39, 0.29) is 5.97 Å². The summed E-state index contributed by atoms with van der Waals surface area (Å²) >= 11 is 0. The van der Waals surface area contributed by atoms with E-state index < -0.39 is 0 Å². The molecule has 0 amide bonds. The zero-order chi connectivity index (χ0) is 14.2. The maximum Gasteiger partial charge on any atom is 0.330 e. The van der Waals surface area contributed by atoms with Gasteiger partial charge in [0.05, 0.1) is 7.11 Å². The maximum absolute atomic E-state index is 10.8. The van der Waals surface area contributed by atoms with Crippen LogP contribution in [0.3, 0.4) is 0 Å². The van der Waals surface area contributed by atoms with Crippen LogP contribution in [-0.4, -0.2) is 13.1 Å². The molecule has 0 aliphatic heterocycles. The van der Waals surface area contributed by atoms with E-state index in [1.807, 2.05) is 6.08 Å². The smallest absolute Gasteiger partial charge is 0.330 e. The highest BCUT2D eigenvalue weighted by molar-refractivity contribution is 5.81. The van der Waals surface area contributed by atoms with Gasteiger partial charge in [-0.15, -0.1) is 0 Å². The molecule has 0 saturated heterocycles. The van der Waals surface area contributed by atoms with Crippen LogP contribution in [0.15, 0.2) is 12.2 Å². The lowest BCUT2D eigenvalue weighted by Gasteiger charge is -2.01. The molecule has 0 aromatic carbocycles. The third-order valence-corrected chi connectivity index (χ3v) is 3.43. The van der Waals surface area contributed by atoms with Crippen LogP contribution < -0.4 is 0 Å². The summed E-state index contributed by atoms with van der Waals surface area (Å²) in [6.45, 7) is 2.26. The lowest BCUT2D eigenvalue weighted by atomic mass is 10.1. The van der Waals surface area contributed by atoms with Crippen molar-refractivity contribution in [2.75, 3.05) is 7.11 Å². The van der Waals surface area contributed by atoms with E-state index in [0.29, 0.717) is 0 Å². The average Bonchev–Trinajstić information content (AvgIpc) is 2.43. The summed E-state index contributed by atoms with van der Waals surface area (Å²) in [6.07, 6.45) is 19.4. The van der Waals surface area contributed by atoms with Crippen molar-refractivity contribution in [1.29, 1.82) is 0 Å². The number of hydrogen-bond acceptors (Lipinski definition) is 2. The van der Waals surface area contributed by atoms with E-state index in [0.717, 1.165) is 6.42 Å². The second kappa shape index (κ2) is 15.3. The highest BCUT2D eigenvalue weighted by atomic mass is 16.5. The fraction of sp³-hybridized carbons (Fsp3) is 0.824. The molecule has 0 aliphatic carbocycles. The second-order valence-electron chi connectivity index (χ2n) is 5.25. The lowest BCUT2D eigenvalue weighted by Crippen LogP contribution is -1.93. The van der Waals surface area contributed by atoms with Crippen LogP contribution in [-0.2, 0) is 9.53 Å². The first-order chi connectivity index (χ1) is 9.31. The minimum atomic E-state index is -0.247. The molecule has 0 spiro atoms. The highest BCUT2D eigenvalue weighted by Gasteiger charge is 1.93. The van der Waals surface area contributed by atoms with Crippen molar-refractivity contribution < 1.29 is 9.53 Å². The van der Waals surface area contributed by atoms with E-state index in [1.165, 1.54) is 83.8 Å². The van der Waals surface area contributed by atoms with Gasteiger partial charge in [-0.1, -0.05) is 77.2 Å². The number of esters is 1. The van der Waals surface area contributed by atoms with Crippen LogP contribution >= 0.6 is 0 Å². The van der Waals surface area contributed by atoms with Crippen molar-refractivity contribution in [2.45, 2.75) is 84.0 Å². The molecule has 19 heavy (non-hydrogen) atoms. The molecular formula is C17H32O2. The van der Waals surface area contributed by atoms with Gasteiger partial charge in [0.2, 0.25) is 0 Å². The van der Waals surface area contributed by atoms with E-state index in [2.05, 4.69) is 11.7 Å². The Morgan fingerprint density at radius 1 is 0.842 bits per heavy atom. The van der Waals surface area contributed by atoms with Crippen LogP contribution in [0.2, 0.25) is 0 Å². The van der Waals surface area contributed by atoms with E-state index >= 15 is 0 Å². The summed E-state index contributed by atoms with van der Waals surface area (Å²) in [4.78, 5) is 10.8. The molecule has 0 aromatic heterocycles. The van der Waals surface area contributed by atoms with Gasteiger partial charge in [-0.3, -0.25) is 0 Å². The van der Waals surface area contributed by atoms with Gasteiger partial charge in [0.15, 0.2) is 0 Å². The van der Waals surface area contributed by atoms with E-state index in [4.69, 9.17) is 0 Å². The monoisotopic (exact) mass is 268 g/mol. The first-order valence-corrected chi connectivity index (χ1v) is 8.05. The normalized spacial score (nSPS) is 11.1. The summed E-state index contributed by atoms with van der Waals surface area (Å²) in [7, 11) is 1.41. The van der Waals surface area contributed by atoms with Crippen molar-refractivity contribution in [3.63, 3.8) is 0 Å². The Morgan fingerprint density at radius 3 is 1.79 bits per heavy atom. The lowest BCUT2D eigenvalue weighted by molar-refractivity contribution is -0.134. The van der Waals surface area contributed by atoms with Gasteiger partial charge >= 0.3 is 5.97 Å². The van der Waals surface area contributed by atoms with Gasteiger partial charge in [-0.05, 0) is 12.8 Å². The second-order valence-corrected chi connectivity index (χ2v) is 5.25. The number of carbonyl (C=O) groups excluding carboxylic acids is 1. The average molecular weight is 268 g/mol. The molecule has 0 fully saturated rings. The summed E-state index contributed by atoms with van der Waals surface area (Å²) in [5, 5.41) is 0. The molecule has 0 radical (unpaired) electrons. The molecule has 0 N–H and O–H groups in total. The Labute approximate surface area is 119 Å². The quantitative estimate of drug-likeness (QED) is 0.253. The minimum absolute atomic E-state index is 0.247. The molecule has 112 valence electrons. The third kappa shape index (κ3) is 15.2. The summed E-state index contributed by atoms with van der Waals surface area (Å²) in [5.74, 6) is -0.247. The fourth-order valence-corrected chi connectivity index (χ4v) is 2.17. The highest BCUT2D eigenvalue weighted by Crippen LogP contribution is 2.11. The predicted molar refractivity (Wildman–Crippen MR) is 82.2 cm³/mol. The Balaban J connectivity index is 3.07. The van der Waals surface area contributed by atoms with Crippen molar-refractivity contribution in [2.24, 2.45) is 0 Å². The minimum Gasteiger partial charge on any atom is -0.466 e. The van der Waals surface area contributed by atoms with Crippen LogP contribution in [0.1, 0.15) is 84.0 Å². The number of rotatable bonds is 13. The van der Waals surface area contributed by atoms with Gasteiger partial charge in [-0.25, -0.2) is 4.79 Å². The van der Waals surface area contributed by atoms with Crippen LogP contribution in [0.25, 0.3) is 0 Å². The van der Waals surface area contributed by atoms with Crippen molar-refractivity contribution >= 4 is 5.97 Å². The zero-order valence-electron chi connectivity index (χ0n) is 13.0. The van der Waals surface area contributed by atoms with E-state index in [9.17, 15) is 4.79 Å². The van der Waals surface area contributed by atoms with E-state index in [1.54, 1.807) is 0 Å². The Bertz CT molecular complexity index is 221. The number of methoxy groups -OCH3 is 1. The first kappa shape index (κ1) is 18.2. The summed E-state index contributed by atoms with van der Waals surface area (Å²) in [6, 6.07) is 0. The van der Waals surface area contributed by atoms with Gasteiger partial charge in [0.1, 0.15) is 0 Å². The molecule has 0 atom stereocenters. The molecule has 0 unspecified atom stereocenters. The van der Waals surface area contributed by atoms with Crippen molar-refractivity contribution in [3.05, 3.63) is 12.2 Å². The molecule has 0 rings (SSSR count). The Hall–Kier alpha value is -0.790. The van der Waals surface area contributed by atoms with Crippen LogP contribution in [0.4, 0.5) is 0 Å². The number of carbonyl (C=O) groups is 1. The first-order valence-electron chi connectivity index (χ1n) is 8.05. The summed E-state index contributed by atoms with van der Waals surface area (Å²) < 4.78 is 4.53. The molecule has 0 aliphatic rings. The summed E-state index contributed by atoms with van der Waals surface area (Å²) in [5.41, 5.74) is 0. The zero-order valence-corrected chi connectivity index (χ0v) is 13.0. The topological polar surface area (TPSA) is 26.3 Å². The fourth-order valence-electron chi connectivity index (χ4n) is 2.17. The number of hydrogen-bond donors (Lipinski definition) is 0.